The van der Waals surface area contributed by atoms with E-state index in [1.165, 1.54) is 6.92 Å². The van der Waals surface area contributed by atoms with Crippen molar-refractivity contribution in [3.8, 4) is 0 Å². The van der Waals surface area contributed by atoms with Gasteiger partial charge in [-0.1, -0.05) is 115 Å². The maximum absolute atomic E-state index is 14.9. The Hall–Kier alpha value is -11.4. The molecule has 0 bridgehead atoms. The summed E-state index contributed by atoms with van der Waals surface area (Å²) in [5.41, 5.74) is 26.0. The maximum atomic E-state index is 14.9. The number of rotatable bonds is 51. The number of fused-ring (bicyclic) bond motifs is 2. The van der Waals surface area contributed by atoms with Gasteiger partial charge in [-0.2, -0.15) is 0 Å². The van der Waals surface area contributed by atoms with Crippen LogP contribution in [-0.2, 0) is 91.2 Å². The molecule has 0 unspecified atom stereocenters. The summed E-state index contributed by atoms with van der Waals surface area (Å²) >= 11 is 0. The first-order chi connectivity index (χ1) is 54.7. The molecule has 630 valence electrons. The van der Waals surface area contributed by atoms with Crippen molar-refractivity contribution in [3.05, 3.63) is 108 Å². The molecule has 0 aliphatic carbocycles. The topological polar surface area (TPSA) is 609 Å². The van der Waals surface area contributed by atoms with Crippen molar-refractivity contribution in [1.29, 1.82) is 0 Å². The molecule has 0 saturated carbocycles. The van der Waals surface area contributed by atoms with Gasteiger partial charge in [-0.15, -0.1) is 0 Å². The number of aliphatic hydroxyl groups is 2. The number of benzene rings is 3. The number of H-pyrrole nitrogens is 2. The summed E-state index contributed by atoms with van der Waals surface area (Å²) in [6, 6.07) is 6.02. The van der Waals surface area contributed by atoms with Crippen molar-refractivity contribution < 1.29 is 87.2 Å². The van der Waals surface area contributed by atoms with Crippen molar-refractivity contribution in [2.75, 3.05) is 39.4 Å². The Kier molecular flexibility index (Phi) is 39.3. The van der Waals surface area contributed by atoms with Crippen LogP contribution in [0.5, 0.6) is 0 Å². The molecule has 14 amide bonds. The predicted octanol–water partition coefficient (Wildman–Crippen LogP) is -3.07. The minimum absolute atomic E-state index is 0.0182. The molecule has 0 saturated heterocycles. The summed E-state index contributed by atoms with van der Waals surface area (Å²) in [5, 5.41) is 64.3. The number of carboxylic acid groups (broad SMARTS) is 1. The van der Waals surface area contributed by atoms with Crippen molar-refractivity contribution >= 4 is 110 Å². The van der Waals surface area contributed by atoms with Crippen LogP contribution in [0.15, 0.2) is 91.3 Å². The van der Waals surface area contributed by atoms with Gasteiger partial charge in [-0.25, -0.2) is 0 Å². The number of amides is 14. The monoisotopic (exact) mass is 1610 g/mol. The number of carboxylic acids is 1. The molecule has 5 rings (SSSR count). The standard InChI is InChI=1S/C78H115N19O18/c1-8-44(6)66(67(82)104)97-68(105)45(7)87-77(114)61(41-99)95-73(110)55(27-17-19-31-80)90-78(115)65(43(4)5)96-63(101)39-85-70(107)56(28-29-64(102)103)89-76(113)60(35-48-37-84-53-25-15-13-23-50(48)53)94-74(111)57(32-42(2)3)92-72(109)54(26-16-18-30-79)88-62(100)38-86-71(108)59(34-47-36-83-52-24-14-12-22-49(47)52)93-75(112)58(91-69(106)51(81)40-98)33-46-20-10-9-11-21-46/h9-15,20-25,36-37,42-45,51,54-61,65-66,83-84,98-99H,8,16-19,26-35,38-41,79-81H2,1-7H3,(H2,82,104)(H,85,107)(H,86,108)(H,87,114)(H,88,100)(H,89,113)(H,90,115)(H,91,106)(H,92,109)(H,93,112)(H,94,111)(H,95,110)(H,96,101)(H,97,105)(H,102,103)/t44-,45-,51-,54-,55-,56-,57-,58-,59-,60-,61-,65-,66-/m0/s1. The number of unbranched alkanes of at least 4 members (excludes halogenated alkanes) is 2. The number of aliphatic carboxylic acids is 1. The molecule has 26 N–H and O–H groups in total. The SMILES string of the molecule is CC[C@H](C)[C@H](NC(=O)[C@H](C)NC(=O)[C@H](CO)NC(=O)[C@H](CCCCN)NC(=O)[C@@H](NC(=O)CNC(=O)[C@H](CCC(=O)O)NC(=O)[C@H](Cc1c[nH]c2ccccc12)NC(=O)[C@H](CC(C)C)NC(=O)[C@H](CCCCN)NC(=O)CNC(=O)[C@H](Cc1c[nH]c2ccccc12)NC(=O)[C@H](Cc1ccccc1)NC(=O)[C@@H](N)CO)C(C)C)C(N)=O. The van der Waals surface area contributed by atoms with Crippen LogP contribution < -0.4 is 92.1 Å². The van der Waals surface area contributed by atoms with E-state index in [0.29, 0.717) is 53.3 Å². The van der Waals surface area contributed by atoms with Crippen LogP contribution in [0.2, 0.25) is 0 Å². The van der Waals surface area contributed by atoms with Crippen molar-refractivity contribution in [1.82, 2.24) is 79.1 Å². The summed E-state index contributed by atoms with van der Waals surface area (Å²) in [7, 11) is 0. The number of primary amides is 1. The Morgan fingerprint density at radius 1 is 0.426 bits per heavy atom. The van der Waals surface area contributed by atoms with Crippen LogP contribution in [-0.4, -0.2) is 226 Å². The van der Waals surface area contributed by atoms with Gasteiger partial charge in [0.15, 0.2) is 0 Å². The molecule has 37 nitrogen and oxygen atoms in total. The average Bonchev–Trinajstić information content (AvgIpc) is 1.70. The first-order valence-corrected chi connectivity index (χ1v) is 38.6. The number of carbonyl (C=O) groups excluding carboxylic acids is 14. The molecule has 2 aromatic heterocycles. The molecule has 13 atom stereocenters. The highest BCUT2D eigenvalue weighted by atomic mass is 16.4. The fourth-order valence-electron chi connectivity index (χ4n) is 12.4. The lowest BCUT2D eigenvalue weighted by Crippen LogP contribution is -2.60. The zero-order valence-corrected chi connectivity index (χ0v) is 66.0. The highest BCUT2D eigenvalue weighted by molar-refractivity contribution is 6.00. The molecule has 0 aliphatic heterocycles. The van der Waals surface area contributed by atoms with E-state index in [2.05, 4.69) is 79.1 Å². The molecular weight excluding hydrogens is 1490 g/mol. The Balaban J connectivity index is 1.32. The second-order valence-electron chi connectivity index (χ2n) is 29.2. The minimum atomic E-state index is -1.70. The van der Waals surface area contributed by atoms with E-state index in [4.69, 9.17) is 22.9 Å². The summed E-state index contributed by atoms with van der Waals surface area (Å²) < 4.78 is 0. The minimum Gasteiger partial charge on any atom is -0.481 e. The summed E-state index contributed by atoms with van der Waals surface area (Å²) in [6.07, 6.45) is 3.34. The third kappa shape index (κ3) is 30.8. The second-order valence-corrected chi connectivity index (χ2v) is 29.2. The molecule has 37 heteroatoms. The van der Waals surface area contributed by atoms with Gasteiger partial charge in [0.1, 0.15) is 72.5 Å². The van der Waals surface area contributed by atoms with Gasteiger partial charge in [-0.05, 0) is 118 Å². The summed E-state index contributed by atoms with van der Waals surface area (Å²) in [5.74, 6) is -15.2. The van der Waals surface area contributed by atoms with Gasteiger partial charge < -0.3 is 117 Å². The fraction of sp³-hybridized carbons (Fsp3) is 0.526. The number of hydrogen-bond acceptors (Lipinski definition) is 20. The molecule has 0 fully saturated rings. The molecule has 5 aromatic rings. The first kappa shape index (κ1) is 94.2. The third-order valence-corrected chi connectivity index (χ3v) is 19.2. The normalized spacial score (nSPS) is 14.7. The largest absolute Gasteiger partial charge is 0.481 e. The van der Waals surface area contributed by atoms with Crippen molar-refractivity contribution in [2.45, 2.75) is 204 Å². The van der Waals surface area contributed by atoms with Crippen LogP contribution in [0.1, 0.15) is 129 Å². The molecule has 115 heavy (non-hydrogen) atoms. The van der Waals surface area contributed by atoms with Crippen molar-refractivity contribution in [3.63, 3.8) is 0 Å². The number of carbonyl (C=O) groups is 15. The first-order valence-electron chi connectivity index (χ1n) is 38.6. The average molecular weight is 1610 g/mol. The van der Waals surface area contributed by atoms with E-state index in [0.717, 1.165) is 10.9 Å². The molecule has 0 radical (unpaired) electrons. The summed E-state index contributed by atoms with van der Waals surface area (Å²) in [6.45, 7) is 8.57. The second kappa shape index (κ2) is 48.0. The quantitative estimate of drug-likeness (QED) is 0.0172. The lowest BCUT2D eigenvalue weighted by atomic mass is 9.98. The number of aliphatic hydroxyl groups excluding tert-OH is 2. The van der Waals surface area contributed by atoms with Crippen molar-refractivity contribution in [2.24, 2.45) is 40.7 Å². The van der Waals surface area contributed by atoms with Crippen LogP contribution in [0.3, 0.4) is 0 Å². The number of nitrogens with two attached hydrogens (primary N) is 4. The van der Waals surface area contributed by atoms with E-state index in [9.17, 15) is 87.2 Å². The highest BCUT2D eigenvalue weighted by Gasteiger charge is 2.37. The van der Waals surface area contributed by atoms with Gasteiger partial charge in [0.2, 0.25) is 82.7 Å². The number of hydrogen-bond donors (Lipinski definition) is 22. The highest BCUT2D eigenvalue weighted by Crippen LogP contribution is 2.22. The van der Waals surface area contributed by atoms with E-state index < -0.39 is 206 Å². The third-order valence-electron chi connectivity index (χ3n) is 19.2. The molecule has 2 heterocycles. The Morgan fingerprint density at radius 3 is 1.35 bits per heavy atom. The van der Waals surface area contributed by atoms with E-state index in [1.54, 1.807) is 127 Å². The molecule has 0 aliphatic rings. The Bertz CT molecular complexity index is 4120. The van der Waals surface area contributed by atoms with E-state index in [1.807, 2.05) is 6.07 Å². The number of para-hydroxylation sites is 2. The van der Waals surface area contributed by atoms with Crippen LogP contribution in [0, 0.1) is 17.8 Å². The van der Waals surface area contributed by atoms with Gasteiger partial charge >= 0.3 is 5.97 Å². The lowest BCUT2D eigenvalue weighted by Gasteiger charge is -2.28. The molecule has 3 aromatic carbocycles. The van der Waals surface area contributed by atoms with Gasteiger partial charge in [-0.3, -0.25) is 71.9 Å². The zero-order valence-electron chi connectivity index (χ0n) is 66.0. The van der Waals surface area contributed by atoms with Crippen LogP contribution in [0.4, 0.5) is 0 Å². The number of aromatic amines is 2. The van der Waals surface area contributed by atoms with Gasteiger partial charge in [0, 0.05) is 59.9 Å². The fourth-order valence-corrected chi connectivity index (χ4v) is 12.4. The number of aromatic nitrogens is 2. The predicted molar refractivity (Wildman–Crippen MR) is 425 cm³/mol. The van der Waals surface area contributed by atoms with Crippen LogP contribution >= 0.6 is 0 Å². The summed E-state index contributed by atoms with van der Waals surface area (Å²) in [4.78, 5) is 213. The number of nitrogens with one attached hydrogen (secondary N) is 15. The van der Waals surface area contributed by atoms with Gasteiger partial charge in [0.25, 0.3) is 0 Å². The van der Waals surface area contributed by atoms with E-state index in [-0.39, 0.29) is 69.9 Å². The van der Waals surface area contributed by atoms with Gasteiger partial charge in [0.05, 0.1) is 26.3 Å². The Labute approximate surface area is 666 Å². The maximum Gasteiger partial charge on any atom is 0.303 e. The van der Waals surface area contributed by atoms with Crippen LogP contribution in [0.25, 0.3) is 21.8 Å². The smallest absolute Gasteiger partial charge is 0.303 e. The van der Waals surface area contributed by atoms with E-state index >= 15 is 0 Å². The Morgan fingerprint density at radius 2 is 0.852 bits per heavy atom. The zero-order chi connectivity index (χ0) is 85.0. The molecular formula is C78H115N19O18. The molecule has 0 spiro atoms. The lowest BCUT2D eigenvalue weighted by molar-refractivity contribution is -0.138.